The molecule has 2 N–H and O–H groups in total. The second kappa shape index (κ2) is 8.35. The van der Waals surface area contributed by atoms with Gasteiger partial charge in [0.05, 0.1) is 18.2 Å². The van der Waals surface area contributed by atoms with Gasteiger partial charge in [0.25, 0.3) is 5.91 Å². The van der Waals surface area contributed by atoms with E-state index in [4.69, 9.17) is 0 Å². The SMILES string of the molecule is O=C(NCc1cccs1)[C@@H]1CCCN(C(=O)c2cc(-c3ccncc3)n[nH]2)C1. The van der Waals surface area contributed by atoms with Gasteiger partial charge in [-0.25, -0.2) is 0 Å². The molecule has 3 aromatic heterocycles. The number of likely N-dealkylation sites (tertiary alicyclic amines) is 1. The fraction of sp³-hybridized carbons (Fsp3) is 0.300. The Morgan fingerprint density at radius 2 is 2.14 bits per heavy atom. The van der Waals surface area contributed by atoms with Gasteiger partial charge in [-0.15, -0.1) is 11.3 Å². The van der Waals surface area contributed by atoms with E-state index in [1.165, 1.54) is 0 Å². The van der Waals surface area contributed by atoms with E-state index >= 15 is 0 Å². The molecular formula is C20H21N5O2S. The smallest absolute Gasteiger partial charge is 0.271 e. The minimum Gasteiger partial charge on any atom is -0.351 e. The lowest BCUT2D eigenvalue weighted by Crippen LogP contribution is -2.45. The van der Waals surface area contributed by atoms with Crippen LogP contribution in [0.15, 0.2) is 48.1 Å². The van der Waals surface area contributed by atoms with E-state index in [0.29, 0.717) is 31.0 Å². The van der Waals surface area contributed by atoms with E-state index < -0.39 is 0 Å². The molecule has 8 heteroatoms. The zero-order valence-electron chi connectivity index (χ0n) is 15.3. The van der Waals surface area contributed by atoms with Crippen LogP contribution in [-0.2, 0) is 11.3 Å². The van der Waals surface area contributed by atoms with Gasteiger partial charge in [0.1, 0.15) is 5.69 Å². The molecule has 0 spiro atoms. The number of H-pyrrole nitrogens is 1. The van der Waals surface area contributed by atoms with Crippen molar-refractivity contribution in [3.05, 3.63) is 58.7 Å². The maximum Gasteiger partial charge on any atom is 0.271 e. The van der Waals surface area contributed by atoms with Gasteiger partial charge in [0, 0.05) is 35.9 Å². The molecule has 28 heavy (non-hydrogen) atoms. The molecule has 1 aliphatic heterocycles. The number of amides is 2. The number of thiophene rings is 1. The van der Waals surface area contributed by atoms with Crippen molar-refractivity contribution in [1.29, 1.82) is 0 Å². The average molecular weight is 395 g/mol. The van der Waals surface area contributed by atoms with Crippen LogP contribution in [0, 0.1) is 5.92 Å². The highest BCUT2D eigenvalue weighted by Gasteiger charge is 2.29. The van der Waals surface area contributed by atoms with Gasteiger partial charge >= 0.3 is 0 Å². The minimum absolute atomic E-state index is 0.00739. The topological polar surface area (TPSA) is 91.0 Å². The highest BCUT2D eigenvalue weighted by Crippen LogP contribution is 2.21. The Balaban J connectivity index is 1.38. The molecule has 4 heterocycles. The van der Waals surface area contributed by atoms with Crippen LogP contribution >= 0.6 is 11.3 Å². The Morgan fingerprint density at radius 1 is 1.29 bits per heavy atom. The molecule has 1 atom stereocenters. The first-order valence-electron chi connectivity index (χ1n) is 9.26. The van der Waals surface area contributed by atoms with Crippen LogP contribution in [0.5, 0.6) is 0 Å². The van der Waals surface area contributed by atoms with Crippen molar-refractivity contribution in [1.82, 2.24) is 25.4 Å². The molecule has 7 nitrogen and oxygen atoms in total. The first kappa shape index (κ1) is 18.4. The average Bonchev–Trinajstić information content (AvgIpc) is 3.44. The Bertz CT molecular complexity index is 939. The summed E-state index contributed by atoms with van der Waals surface area (Å²) in [5.74, 6) is -0.295. The van der Waals surface area contributed by atoms with Crippen molar-refractivity contribution in [3.63, 3.8) is 0 Å². The normalized spacial score (nSPS) is 16.7. The van der Waals surface area contributed by atoms with E-state index in [9.17, 15) is 9.59 Å². The van der Waals surface area contributed by atoms with Crippen LogP contribution < -0.4 is 5.32 Å². The molecule has 0 aromatic carbocycles. The largest absolute Gasteiger partial charge is 0.351 e. The van der Waals surface area contributed by atoms with Crippen molar-refractivity contribution in [3.8, 4) is 11.3 Å². The summed E-state index contributed by atoms with van der Waals surface area (Å²) in [6.45, 7) is 1.62. The standard InChI is InChI=1S/C20H21N5O2S/c26-19(22-12-16-4-2-10-28-16)15-3-1-9-25(13-15)20(27)18-11-17(23-24-18)14-5-7-21-8-6-14/h2,4-8,10-11,15H,1,3,9,12-13H2,(H,22,26)(H,23,24)/t15-/m1/s1. The summed E-state index contributed by atoms with van der Waals surface area (Å²) in [5, 5.41) is 12.0. The van der Waals surface area contributed by atoms with Gasteiger partial charge in [-0.2, -0.15) is 5.10 Å². The summed E-state index contributed by atoms with van der Waals surface area (Å²) in [5.41, 5.74) is 2.04. The van der Waals surface area contributed by atoms with Gasteiger partial charge in [0.2, 0.25) is 5.91 Å². The first-order valence-corrected chi connectivity index (χ1v) is 10.1. The molecule has 4 rings (SSSR count). The quantitative estimate of drug-likeness (QED) is 0.695. The minimum atomic E-state index is -0.180. The van der Waals surface area contributed by atoms with E-state index in [-0.39, 0.29) is 17.7 Å². The van der Waals surface area contributed by atoms with E-state index in [1.807, 2.05) is 29.6 Å². The fourth-order valence-corrected chi connectivity index (χ4v) is 4.02. The van der Waals surface area contributed by atoms with Crippen molar-refractivity contribution in [2.45, 2.75) is 19.4 Å². The van der Waals surface area contributed by atoms with Gasteiger partial charge in [0.15, 0.2) is 0 Å². The summed E-state index contributed by atoms with van der Waals surface area (Å²) < 4.78 is 0. The number of carbonyl (C=O) groups is 2. The number of rotatable bonds is 5. The Hall–Kier alpha value is -3.00. The number of aromatic amines is 1. The third-order valence-electron chi connectivity index (χ3n) is 4.88. The van der Waals surface area contributed by atoms with Gasteiger partial charge in [-0.1, -0.05) is 6.07 Å². The summed E-state index contributed by atoms with van der Waals surface area (Å²) in [6, 6.07) is 9.41. The predicted molar refractivity (Wildman–Crippen MR) is 107 cm³/mol. The monoisotopic (exact) mass is 395 g/mol. The van der Waals surface area contributed by atoms with E-state index in [2.05, 4.69) is 20.5 Å². The van der Waals surface area contributed by atoms with Crippen molar-refractivity contribution < 1.29 is 9.59 Å². The number of carbonyl (C=O) groups excluding carboxylic acids is 2. The zero-order chi connectivity index (χ0) is 19.3. The Kier molecular flexibility index (Phi) is 5.48. The van der Waals surface area contributed by atoms with Gasteiger partial charge in [-0.05, 0) is 42.5 Å². The Labute approximate surface area is 166 Å². The van der Waals surface area contributed by atoms with E-state index in [0.717, 1.165) is 23.3 Å². The molecule has 0 unspecified atom stereocenters. The number of aromatic nitrogens is 3. The lowest BCUT2D eigenvalue weighted by atomic mass is 9.97. The number of hydrogen-bond acceptors (Lipinski definition) is 5. The van der Waals surface area contributed by atoms with Crippen molar-refractivity contribution in [2.75, 3.05) is 13.1 Å². The van der Waals surface area contributed by atoms with Crippen LogP contribution in [0.2, 0.25) is 0 Å². The summed E-state index contributed by atoms with van der Waals surface area (Å²) in [4.78, 5) is 32.2. The summed E-state index contributed by atoms with van der Waals surface area (Å²) in [6.07, 6.45) is 4.99. The summed E-state index contributed by atoms with van der Waals surface area (Å²) >= 11 is 1.62. The molecule has 1 fully saturated rings. The highest BCUT2D eigenvalue weighted by molar-refractivity contribution is 7.09. The van der Waals surface area contributed by atoms with Gasteiger partial charge < -0.3 is 10.2 Å². The zero-order valence-corrected chi connectivity index (χ0v) is 16.1. The second-order valence-corrected chi connectivity index (χ2v) is 7.82. The van der Waals surface area contributed by atoms with E-state index in [1.54, 1.807) is 34.7 Å². The van der Waals surface area contributed by atoms with Crippen molar-refractivity contribution in [2.24, 2.45) is 5.92 Å². The van der Waals surface area contributed by atoms with Crippen LogP contribution in [-0.4, -0.2) is 45.0 Å². The number of piperidine rings is 1. The number of hydrogen-bond donors (Lipinski definition) is 2. The molecule has 0 radical (unpaired) electrons. The number of pyridine rings is 1. The van der Waals surface area contributed by atoms with Gasteiger partial charge in [-0.3, -0.25) is 19.7 Å². The fourth-order valence-electron chi connectivity index (χ4n) is 3.38. The van der Waals surface area contributed by atoms with Crippen LogP contribution in [0.25, 0.3) is 11.3 Å². The lowest BCUT2D eigenvalue weighted by molar-refractivity contribution is -0.126. The third kappa shape index (κ3) is 4.12. The Morgan fingerprint density at radius 3 is 2.93 bits per heavy atom. The second-order valence-electron chi connectivity index (χ2n) is 6.79. The molecule has 0 bridgehead atoms. The first-order chi connectivity index (χ1) is 13.7. The third-order valence-corrected chi connectivity index (χ3v) is 5.76. The molecule has 3 aromatic rings. The molecule has 1 saturated heterocycles. The molecule has 2 amide bonds. The molecular weight excluding hydrogens is 374 g/mol. The summed E-state index contributed by atoms with van der Waals surface area (Å²) in [7, 11) is 0. The highest BCUT2D eigenvalue weighted by atomic mass is 32.1. The lowest BCUT2D eigenvalue weighted by Gasteiger charge is -2.31. The van der Waals surface area contributed by atoms with Crippen LogP contribution in [0.1, 0.15) is 28.2 Å². The van der Waals surface area contributed by atoms with Crippen molar-refractivity contribution >= 4 is 23.2 Å². The molecule has 0 aliphatic carbocycles. The predicted octanol–water partition coefficient (Wildman–Crippen LogP) is 2.70. The maximum absolute atomic E-state index is 12.9. The molecule has 0 saturated carbocycles. The van der Waals surface area contributed by atoms with Crippen LogP contribution in [0.3, 0.4) is 0 Å². The molecule has 144 valence electrons. The number of nitrogens with one attached hydrogen (secondary N) is 2. The maximum atomic E-state index is 12.9. The van der Waals surface area contributed by atoms with Crippen LogP contribution in [0.4, 0.5) is 0 Å². The number of nitrogens with zero attached hydrogens (tertiary/aromatic N) is 3. The molecule has 1 aliphatic rings.